The lowest BCUT2D eigenvalue weighted by Gasteiger charge is -2.29. The van der Waals surface area contributed by atoms with Crippen LogP contribution in [0.2, 0.25) is 0 Å². The molecule has 1 saturated carbocycles. The number of aryl methyl sites for hydroxylation is 1. The molecule has 26 heavy (non-hydrogen) atoms. The van der Waals surface area contributed by atoms with Crippen LogP contribution in [0.1, 0.15) is 37.7 Å². The summed E-state index contributed by atoms with van der Waals surface area (Å²) >= 11 is 0. The zero-order chi connectivity index (χ0) is 18.7. The topological polar surface area (TPSA) is 95.9 Å². The van der Waals surface area contributed by atoms with Gasteiger partial charge in [0.25, 0.3) is 0 Å². The fraction of sp³-hybridized carbons (Fsp3) is 0.526. The molecule has 2 unspecified atom stereocenters. The van der Waals surface area contributed by atoms with E-state index in [1.54, 1.807) is 17.0 Å². The van der Waals surface area contributed by atoms with Gasteiger partial charge in [0.2, 0.25) is 5.91 Å². The SMILES string of the molecule is COC(=O)N1CCCc2cc(NC(=O)C3CCCCC3C(=O)O)ccc21. The lowest BCUT2D eigenvalue weighted by atomic mass is 9.78. The molecule has 1 aromatic rings. The number of carbonyl (C=O) groups excluding carboxylic acids is 2. The van der Waals surface area contributed by atoms with Gasteiger partial charge in [-0.05, 0) is 49.4 Å². The Hall–Kier alpha value is -2.57. The molecule has 1 aliphatic heterocycles. The first-order chi connectivity index (χ1) is 12.5. The molecule has 7 heteroatoms. The van der Waals surface area contributed by atoms with Gasteiger partial charge in [-0.25, -0.2) is 4.79 Å². The zero-order valence-electron chi connectivity index (χ0n) is 14.9. The Morgan fingerprint density at radius 2 is 1.88 bits per heavy atom. The van der Waals surface area contributed by atoms with Crippen LogP contribution in [-0.2, 0) is 20.7 Å². The van der Waals surface area contributed by atoms with Gasteiger partial charge in [-0.1, -0.05) is 12.8 Å². The van der Waals surface area contributed by atoms with Crippen molar-refractivity contribution in [3.8, 4) is 0 Å². The van der Waals surface area contributed by atoms with Crippen LogP contribution in [0.5, 0.6) is 0 Å². The molecule has 3 rings (SSSR count). The Bertz CT molecular complexity index is 718. The standard InChI is InChI=1S/C19H24N2O5/c1-26-19(25)21-10-4-5-12-11-13(8-9-16(12)21)20-17(22)14-6-2-3-7-15(14)18(23)24/h8-9,11,14-15H,2-7,10H2,1H3,(H,20,22)(H,23,24). The highest BCUT2D eigenvalue weighted by atomic mass is 16.5. The third-order valence-corrected chi connectivity index (χ3v) is 5.28. The molecule has 2 amide bonds. The van der Waals surface area contributed by atoms with Crippen LogP contribution in [0.15, 0.2) is 18.2 Å². The van der Waals surface area contributed by atoms with Gasteiger partial charge in [-0.15, -0.1) is 0 Å². The van der Waals surface area contributed by atoms with Crippen molar-refractivity contribution in [3.63, 3.8) is 0 Å². The third-order valence-electron chi connectivity index (χ3n) is 5.28. The largest absolute Gasteiger partial charge is 0.481 e. The number of nitrogens with one attached hydrogen (secondary N) is 1. The van der Waals surface area contributed by atoms with E-state index < -0.39 is 23.9 Å². The maximum absolute atomic E-state index is 12.6. The lowest BCUT2D eigenvalue weighted by molar-refractivity contribution is -0.147. The molecule has 7 nitrogen and oxygen atoms in total. The van der Waals surface area contributed by atoms with Gasteiger partial charge in [0.05, 0.1) is 24.6 Å². The highest BCUT2D eigenvalue weighted by molar-refractivity contribution is 5.96. The van der Waals surface area contributed by atoms with Crippen molar-refractivity contribution in [2.24, 2.45) is 11.8 Å². The Labute approximate surface area is 152 Å². The lowest BCUT2D eigenvalue weighted by Crippen LogP contribution is -2.36. The summed E-state index contributed by atoms with van der Waals surface area (Å²) in [6.45, 7) is 0.605. The van der Waals surface area contributed by atoms with Gasteiger partial charge in [-0.3, -0.25) is 14.5 Å². The molecule has 2 N–H and O–H groups in total. The Balaban J connectivity index is 1.75. The van der Waals surface area contributed by atoms with Crippen molar-refractivity contribution in [2.75, 3.05) is 23.9 Å². The van der Waals surface area contributed by atoms with Crippen LogP contribution in [0.4, 0.5) is 16.2 Å². The van der Waals surface area contributed by atoms with Crippen LogP contribution < -0.4 is 10.2 Å². The normalized spacial score (nSPS) is 22.3. The van der Waals surface area contributed by atoms with Crippen LogP contribution in [0.25, 0.3) is 0 Å². The van der Waals surface area contributed by atoms with Crippen molar-refractivity contribution in [1.29, 1.82) is 0 Å². The fourth-order valence-corrected chi connectivity index (χ4v) is 3.95. The monoisotopic (exact) mass is 360 g/mol. The predicted molar refractivity (Wildman–Crippen MR) is 96.2 cm³/mol. The number of carbonyl (C=O) groups is 3. The van der Waals surface area contributed by atoms with E-state index in [1.807, 2.05) is 6.07 Å². The van der Waals surface area contributed by atoms with Crippen LogP contribution in [0.3, 0.4) is 0 Å². The zero-order valence-corrected chi connectivity index (χ0v) is 14.9. The Kier molecular flexibility index (Phi) is 5.44. The number of rotatable bonds is 3. The molecule has 1 aromatic carbocycles. The quantitative estimate of drug-likeness (QED) is 0.864. The molecular formula is C19H24N2O5. The van der Waals surface area contributed by atoms with E-state index in [2.05, 4.69) is 5.32 Å². The van der Waals surface area contributed by atoms with Gasteiger partial charge in [0.1, 0.15) is 0 Å². The number of nitrogens with zero attached hydrogens (tertiary/aromatic N) is 1. The summed E-state index contributed by atoms with van der Waals surface area (Å²) in [5.74, 6) is -2.25. The second kappa shape index (κ2) is 7.76. The predicted octanol–water partition coefficient (Wildman–Crippen LogP) is 3.04. The van der Waals surface area contributed by atoms with E-state index in [0.29, 0.717) is 25.1 Å². The van der Waals surface area contributed by atoms with Crippen molar-refractivity contribution in [1.82, 2.24) is 0 Å². The van der Waals surface area contributed by atoms with Crippen LogP contribution in [0, 0.1) is 11.8 Å². The molecule has 2 atom stereocenters. The highest BCUT2D eigenvalue weighted by Gasteiger charge is 2.35. The van der Waals surface area contributed by atoms with E-state index in [1.165, 1.54) is 7.11 Å². The van der Waals surface area contributed by atoms with Crippen LogP contribution in [-0.4, -0.2) is 36.7 Å². The molecule has 2 aliphatic rings. The highest BCUT2D eigenvalue weighted by Crippen LogP contribution is 2.33. The first kappa shape index (κ1) is 18.2. The number of benzene rings is 1. The number of fused-ring (bicyclic) bond motifs is 1. The van der Waals surface area contributed by atoms with Crippen molar-refractivity contribution in [2.45, 2.75) is 38.5 Å². The van der Waals surface area contributed by atoms with Crippen molar-refractivity contribution in [3.05, 3.63) is 23.8 Å². The van der Waals surface area contributed by atoms with Gasteiger partial charge < -0.3 is 15.2 Å². The molecule has 0 bridgehead atoms. The number of carboxylic acids is 1. The summed E-state index contributed by atoms with van der Waals surface area (Å²) in [4.78, 5) is 37.5. The number of methoxy groups -OCH3 is 1. The van der Waals surface area contributed by atoms with E-state index >= 15 is 0 Å². The van der Waals surface area contributed by atoms with E-state index in [0.717, 1.165) is 36.9 Å². The average Bonchev–Trinajstić information content (AvgIpc) is 2.66. The van der Waals surface area contributed by atoms with E-state index in [4.69, 9.17) is 4.74 Å². The Morgan fingerprint density at radius 1 is 1.15 bits per heavy atom. The molecule has 140 valence electrons. The minimum Gasteiger partial charge on any atom is -0.481 e. The second-order valence-electron chi connectivity index (χ2n) is 6.89. The molecule has 1 fully saturated rings. The average molecular weight is 360 g/mol. The van der Waals surface area contributed by atoms with Gasteiger partial charge in [0, 0.05) is 12.2 Å². The number of aliphatic carboxylic acids is 1. The minimum atomic E-state index is -0.899. The molecule has 0 aromatic heterocycles. The van der Waals surface area contributed by atoms with Gasteiger partial charge >= 0.3 is 12.1 Å². The summed E-state index contributed by atoms with van der Waals surface area (Å²) in [5, 5.41) is 12.2. The fourth-order valence-electron chi connectivity index (χ4n) is 3.95. The summed E-state index contributed by atoms with van der Waals surface area (Å²) in [7, 11) is 1.36. The van der Waals surface area contributed by atoms with Crippen molar-refractivity contribution >= 4 is 29.3 Å². The minimum absolute atomic E-state index is 0.238. The summed E-state index contributed by atoms with van der Waals surface area (Å²) in [6, 6.07) is 5.41. The molecule has 1 aliphatic carbocycles. The maximum atomic E-state index is 12.6. The molecule has 0 radical (unpaired) electrons. The van der Waals surface area contributed by atoms with Crippen LogP contribution >= 0.6 is 0 Å². The molecular weight excluding hydrogens is 336 g/mol. The number of amides is 2. The third kappa shape index (κ3) is 3.66. The molecule has 0 spiro atoms. The number of ether oxygens (including phenoxy) is 1. The molecule has 1 heterocycles. The first-order valence-corrected chi connectivity index (χ1v) is 9.03. The Morgan fingerprint density at radius 3 is 2.58 bits per heavy atom. The van der Waals surface area contributed by atoms with Gasteiger partial charge in [0.15, 0.2) is 0 Å². The smallest absolute Gasteiger partial charge is 0.414 e. The van der Waals surface area contributed by atoms with E-state index in [-0.39, 0.29) is 5.91 Å². The number of anilines is 2. The molecule has 0 saturated heterocycles. The van der Waals surface area contributed by atoms with E-state index in [9.17, 15) is 19.5 Å². The van der Waals surface area contributed by atoms with Crippen molar-refractivity contribution < 1.29 is 24.2 Å². The summed E-state index contributed by atoms with van der Waals surface area (Å²) in [6.07, 6.45) is 4.12. The second-order valence-corrected chi connectivity index (χ2v) is 6.89. The van der Waals surface area contributed by atoms with Gasteiger partial charge in [-0.2, -0.15) is 0 Å². The maximum Gasteiger partial charge on any atom is 0.414 e. The summed E-state index contributed by atoms with van der Waals surface area (Å²) < 4.78 is 4.82. The number of hydrogen-bond donors (Lipinski definition) is 2. The first-order valence-electron chi connectivity index (χ1n) is 9.03. The number of carboxylic acid groups (broad SMARTS) is 1. The summed E-state index contributed by atoms with van der Waals surface area (Å²) in [5.41, 5.74) is 2.40. The number of hydrogen-bond acceptors (Lipinski definition) is 4.